The molecule has 5 heteroatoms. The molecule has 5 rings (SSSR count). The van der Waals surface area contributed by atoms with Crippen molar-refractivity contribution < 1.29 is 14.3 Å². The van der Waals surface area contributed by atoms with Gasteiger partial charge in [0.05, 0.1) is 12.1 Å². The number of ether oxygens (including phenoxy) is 2. The standard InChI is InChI=1S/C30H34N2O3/c33-30(17-16-27-13-8-18-34-27)32-21-25-12-4-6-14-28(25)31-20-24-11-5-7-15-29(24)35-22-26(32)19-23-9-2-1-3-10-23/h1-7,9-12,14-15,26-27,31H,8,13,16-22H2/t26-,27?/m0/s1. The molecule has 35 heavy (non-hydrogen) atoms. The van der Waals surface area contributed by atoms with Gasteiger partial charge >= 0.3 is 0 Å². The second-order valence-corrected chi connectivity index (χ2v) is 9.47. The molecule has 3 aromatic carbocycles. The molecule has 1 unspecified atom stereocenters. The zero-order valence-electron chi connectivity index (χ0n) is 20.2. The molecule has 5 nitrogen and oxygen atoms in total. The van der Waals surface area contributed by atoms with Crippen molar-refractivity contribution in [2.75, 3.05) is 18.5 Å². The van der Waals surface area contributed by atoms with Crippen molar-refractivity contribution in [2.24, 2.45) is 0 Å². The molecule has 1 fully saturated rings. The summed E-state index contributed by atoms with van der Waals surface area (Å²) < 4.78 is 12.2. The summed E-state index contributed by atoms with van der Waals surface area (Å²) >= 11 is 0. The Kier molecular flexibility index (Phi) is 7.64. The molecule has 0 bridgehead atoms. The number of hydrogen-bond acceptors (Lipinski definition) is 4. The van der Waals surface area contributed by atoms with Crippen LogP contribution in [0, 0.1) is 0 Å². The van der Waals surface area contributed by atoms with Gasteiger partial charge in [-0.3, -0.25) is 4.79 Å². The number of benzene rings is 3. The maximum atomic E-state index is 13.8. The lowest BCUT2D eigenvalue weighted by Gasteiger charge is -2.33. The first-order chi connectivity index (χ1) is 17.3. The first-order valence-corrected chi connectivity index (χ1v) is 12.7. The van der Waals surface area contributed by atoms with Gasteiger partial charge in [-0.2, -0.15) is 0 Å². The Balaban J connectivity index is 1.47. The largest absolute Gasteiger partial charge is 0.491 e. The lowest BCUT2D eigenvalue weighted by atomic mass is 10.0. The van der Waals surface area contributed by atoms with E-state index < -0.39 is 0 Å². The van der Waals surface area contributed by atoms with E-state index in [1.165, 1.54) is 5.56 Å². The van der Waals surface area contributed by atoms with Crippen LogP contribution in [0.5, 0.6) is 5.75 Å². The monoisotopic (exact) mass is 470 g/mol. The van der Waals surface area contributed by atoms with Gasteiger partial charge in [0.2, 0.25) is 5.91 Å². The van der Waals surface area contributed by atoms with E-state index in [1.54, 1.807) is 0 Å². The summed E-state index contributed by atoms with van der Waals surface area (Å²) in [5, 5.41) is 3.58. The number of carbonyl (C=O) groups is 1. The fourth-order valence-electron chi connectivity index (χ4n) is 5.05. The molecular formula is C30H34N2O3. The van der Waals surface area contributed by atoms with Crippen molar-refractivity contribution in [1.29, 1.82) is 0 Å². The molecule has 0 aromatic heterocycles. The smallest absolute Gasteiger partial charge is 0.223 e. The fourth-order valence-corrected chi connectivity index (χ4v) is 5.05. The molecule has 0 saturated carbocycles. The number of nitrogens with one attached hydrogen (secondary N) is 1. The summed E-state index contributed by atoms with van der Waals surface area (Å²) in [6.45, 7) is 2.47. The van der Waals surface area contributed by atoms with Crippen molar-refractivity contribution in [1.82, 2.24) is 4.90 Å². The predicted octanol–water partition coefficient (Wildman–Crippen LogP) is 5.59. The Bertz CT molecular complexity index is 1110. The third-order valence-corrected chi connectivity index (χ3v) is 7.01. The van der Waals surface area contributed by atoms with Crippen molar-refractivity contribution in [2.45, 2.75) is 57.3 Å². The van der Waals surface area contributed by atoms with Crippen LogP contribution in [0.4, 0.5) is 5.69 Å². The number of fused-ring (bicyclic) bond motifs is 2. The topological polar surface area (TPSA) is 50.8 Å². The Labute approximate surface area is 208 Å². The molecule has 0 radical (unpaired) electrons. The van der Waals surface area contributed by atoms with Gasteiger partial charge in [-0.05, 0) is 48.9 Å². The molecule has 1 N–H and O–H groups in total. The van der Waals surface area contributed by atoms with Gasteiger partial charge in [-0.15, -0.1) is 0 Å². The van der Waals surface area contributed by atoms with Gasteiger partial charge in [0, 0.05) is 37.4 Å². The number of anilines is 1. The summed E-state index contributed by atoms with van der Waals surface area (Å²) in [6, 6.07) is 26.8. The molecule has 0 aliphatic carbocycles. The number of carbonyl (C=O) groups excluding carboxylic acids is 1. The van der Waals surface area contributed by atoms with Gasteiger partial charge in [0.15, 0.2) is 0 Å². The first-order valence-electron chi connectivity index (χ1n) is 12.7. The van der Waals surface area contributed by atoms with Crippen LogP contribution in [0.15, 0.2) is 78.9 Å². The lowest BCUT2D eigenvalue weighted by molar-refractivity contribution is -0.135. The van der Waals surface area contributed by atoms with E-state index in [0.717, 1.165) is 54.9 Å². The summed E-state index contributed by atoms with van der Waals surface area (Å²) in [4.78, 5) is 15.8. The molecule has 2 atom stereocenters. The van der Waals surface area contributed by atoms with Crippen molar-refractivity contribution in [3.05, 3.63) is 95.6 Å². The molecule has 2 heterocycles. The quantitative estimate of drug-likeness (QED) is 0.528. The van der Waals surface area contributed by atoms with Gasteiger partial charge in [0.1, 0.15) is 12.4 Å². The summed E-state index contributed by atoms with van der Waals surface area (Å²) in [6.07, 6.45) is 4.34. The predicted molar refractivity (Wildman–Crippen MR) is 138 cm³/mol. The van der Waals surface area contributed by atoms with E-state index in [-0.39, 0.29) is 18.1 Å². The number of rotatable bonds is 5. The molecule has 182 valence electrons. The van der Waals surface area contributed by atoms with E-state index in [2.05, 4.69) is 47.8 Å². The van der Waals surface area contributed by atoms with Crippen molar-refractivity contribution in [3.8, 4) is 5.75 Å². The van der Waals surface area contributed by atoms with Crippen LogP contribution in [-0.4, -0.2) is 36.2 Å². The highest BCUT2D eigenvalue weighted by molar-refractivity contribution is 5.77. The highest BCUT2D eigenvalue weighted by Crippen LogP contribution is 2.27. The third-order valence-electron chi connectivity index (χ3n) is 7.01. The van der Waals surface area contributed by atoms with E-state index >= 15 is 0 Å². The summed E-state index contributed by atoms with van der Waals surface area (Å²) in [7, 11) is 0. The highest BCUT2D eigenvalue weighted by Gasteiger charge is 2.28. The molecular weight excluding hydrogens is 436 g/mol. The average Bonchev–Trinajstić information content (AvgIpc) is 3.41. The fraction of sp³-hybridized carbons (Fsp3) is 0.367. The second kappa shape index (κ2) is 11.4. The van der Waals surface area contributed by atoms with Crippen LogP contribution < -0.4 is 10.1 Å². The maximum absolute atomic E-state index is 13.8. The third kappa shape index (κ3) is 6.04. The van der Waals surface area contributed by atoms with E-state index in [4.69, 9.17) is 9.47 Å². The minimum Gasteiger partial charge on any atom is -0.491 e. The number of para-hydroxylation sites is 2. The van der Waals surface area contributed by atoms with E-state index in [0.29, 0.717) is 26.1 Å². The molecule has 2 aliphatic heterocycles. The van der Waals surface area contributed by atoms with E-state index in [9.17, 15) is 4.79 Å². The number of hydrogen-bond donors (Lipinski definition) is 1. The Morgan fingerprint density at radius 1 is 0.943 bits per heavy atom. The SMILES string of the molecule is O=C(CCC1CCCO1)N1Cc2ccccc2NCc2ccccc2OC[C@@H]1Cc1ccccc1. The molecule has 3 aromatic rings. The minimum absolute atomic E-state index is 0.0893. The Morgan fingerprint density at radius 2 is 1.71 bits per heavy atom. The summed E-state index contributed by atoms with van der Waals surface area (Å²) in [5.41, 5.74) is 4.49. The van der Waals surface area contributed by atoms with Crippen molar-refractivity contribution in [3.63, 3.8) is 0 Å². The zero-order valence-corrected chi connectivity index (χ0v) is 20.2. The van der Waals surface area contributed by atoms with Gasteiger partial charge in [0.25, 0.3) is 0 Å². The molecule has 0 spiro atoms. The maximum Gasteiger partial charge on any atom is 0.223 e. The number of nitrogens with zero attached hydrogens (tertiary/aromatic N) is 1. The average molecular weight is 471 g/mol. The van der Waals surface area contributed by atoms with Crippen molar-refractivity contribution >= 4 is 11.6 Å². The number of amides is 1. The first kappa shape index (κ1) is 23.4. The second-order valence-electron chi connectivity index (χ2n) is 9.47. The van der Waals surface area contributed by atoms with Crippen LogP contribution in [0.1, 0.15) is 42.4 Å². The zero-order chi connectivity index (χ0) is 23.9. The Hall–Kier alpha value is -3.31. The normalized spacial score (nSPS) is 20.1. The van der Waals surface area contributed by atoms with Crippen LogP contribution in [0.25, 0.3) is 0 Å². The molecule has 2 aliphatic rings. The molecule has 1 amide bonds. The van der Waals surface area contributed by atoms with Crippen LogP contribution in [0.2, 0.25) is 0 Å². The summed E-state index contributed by atoms with van der Waals surface area (Å²) in [5.74, 6) is 1.02. The minimum atomic E-state index is -0.0893. The highest BCUT2D eigenvalue weighted by atomic mass is 16.5. The lowest BCUT2D eigenvalue weighted by Crippen LogP contribution is -2.44. The van der Waals surface area contributed by atoms with Crippen LogP contribution >= 0.6 is 0 Å². The Morgan fingerprint density at radius 3 is 2.54 bits per heavy atom. The van der Waals surface area contributed by atoms with Crippen LogP contribution in [-0.2, 0) is 29.0 Å². The van der Waals surface area contributed by atoms with Gasteiger partial charge < -0.3 is 19.7 Å². The molecule has 1 saturated heterocycles. The van der Waals surface area contributed by atoms with Gasteiger partial charge in [-0.25, -0.2) is 0 Å². The van der Waals surface area contributed by atoms with Crippen LogP contribution in [0.3, 0.4) is 0 Å². The van der Waals surface area contributed by atoms with Gasteiger partial charge in [-0.1, -0.05) is 66.7 Å². The van der Waals surface area contributed by atoms with E-state index in [1.807, 2.05) is 41.3 Å².